The Kier molecular flexibility index (Phi) is 4.36. The van der Waals surface area contributed by atoms with E-state index in [9.17, 15) is 8.42 Å². The van der Waals surface area contributed by atoms with Crippen LogP contribution >= 0.6 is 0 Å². The fourth-order valence-corrected chi connectivity index (χ4v) is 3.57. The Labute approximate surface area is 120 Å². The van der Waals surface area contributed by atoms with Crippen LogP contribution < -0.4 is 14.8 Å². The van der Waals surface area contributed by atoms with Gasteiger partial charge in [0, 0.05) is 30.1 Å². The molecule has 20 heavy (non-hydrogen) atoms. The fraction of sp³-hybridized carbons (Fsp3) is 0.571. The molecule has 0 saturated carbocycles. The topological polar surface area (TPSA) is 67.4 Å². The third-order valence-electron chi connectivity index (χ3n) is 3.22. The molecule has 5 nitrogen and oxygen atoms in total. The van der Waals surface area contributed by atoms with E-state index in [1.807, 2.05) is 32.0 Å². The van der Waals surface area contributed by atoms with Crippen molar-refractivity contribution in [2.45, 2.75) is 25.3 Å². The van der Waals surface area contributed by atoms with Crippen LogP contribution in [0.15, 0.2) is 24.3 Å². The normalized spacial score (nSPS) is 18.6. The summed E-state index contributed by atoms with van der Waals surface area (Å²) in [5.41, 5.74) is 0.709. The Morgan fingerprint density at radius 3 is 2.75 bits per heavy atom. The van der Waals surface area contributed by atoms with Crippen molar-refractivity contribution < 1.29 is 13.2 Å². The van der Waals surface area contributed by atoms with Gasteiger partial charge >= 0.3 is 0 Å². The van der Waals surface area contributed by atoms with Gasteiger partial charge in [-0.15, -0.1) is 0 Å². The minimum Gasteiger partial charge on any atom is -0.493 e. The molecule has 2 N–H and O–H groups in total. The summed E-state index contributed by atoms with van der Waals surface area (Å²) >= 11 is 0. The summed E-state index contributed by atoms with van der Waals surface area (Å²) in [5, 5.41) is 3.32. The molecular formula is C14H22N2O3S. The van der Waals surface area contributed by atoms with Crippen LogP contribution in [-0.4, -0.2) is 39.9 Å². The third-order valence-corrected chi connectivity index (χ3v) is 4.14. The van der Waals surface area contributed by atoms with Gasteiger partial charge in [-0.25, -0.2) is 13.1 Å². The molecule has 1 unspecified atom stereocenters. The second kappa shape index (κ2) is 5.71. The third kappa shape index (κ3) is 4.19. The second-order valence-electron chi connectivity index (χ2n) is 5.93. The van der Waals surface area contributed by atoms with Gasteiger partial charge in [-0.3, -0.25) is 0 Å². The minimum atomic E-state index is -3.19. The molecule has 1 aromatic carbocycles. The maximum atomic E-state index is 11.3. The molecule has 112 valence electrons. The van der Waals surface area contributed by atoms with Crippen LogP contribution in [0.3, 0.4) is 0 Å². The molecule has 0 radical (unpaired) electrons. The molecule has 0 aliphatic carbocycles. The molecule has 1 aromatic rings. The highest BCUT2D eigenvalue weighted by Crippen LogP contribution is 2.32. The highest BCUT2D eigenvalue weighted by molar-refractivity contribution is 7.88. The number of sulfonamides is 1. The number of fused-ring (bicyclic) bond motifs is 1. The van der Waals surface area contributed by atoms with Gasteiger partial charge in [-0.05, 0) is 19.9 Å². The first-order valence-electron chi connectivity index (χ1n) is 6.68. The predicted molar refractivity (Wildman–Crippen MR) is 79.6 cm³/mol. The lowest BCUT2D eigenvalue weighted by Crippen LogP contribution is -2.50. The van der Waals surface area contributed by atoms with E-state index in [-0.39, 0.29) is 0 Å². The smallest absolute Gasteiger partial charge is 0.209 e. The van der Waals surface area contributed by atoms with Crippen LogP contribution in [0.2, 0.25) is 0 Å². The molecular weight excluding hydrogens is 276 g/mol. The minimum absolute atomic E-state index is 0.320. The van der Waals surface area contributed by atoms with Crippen molar-refractivity contribution >= 4 is 10.0 Å². The molecule has 0 aromatic heterocycles. The summed E-state index contributed by atoms with van der Waals surface area (Å²) in [4.78, 5) is 0. The lowest BCUT2D eigenvalue weighted by Gasteiger charge is -2.26. The molecule has 2 rings (SSSR count). The van der Waals surface area contributed by atoms with E-state index < -0.39 is 15.6 Å². The van der Waals surface area contributed by atoms with Gasteiger partial charge in [-0.2, -0.15) is 0 Å². The molecule has 1 atom stereocenters. The van der Waals surface area contributed by atoms with Gasteiger partial charge in [0.15, 0.2) is 0 Å². The lowest BCUT2D eigenvalue weighted by atomic mass is 10.0. The molecule has 1 heterocycles. The van der Waals surface area contributed by atoms with E-state index in [2.05, 4.69) is 16.1 Å². The van der Waals surface area contributed by atoms with Crippen molar-refractivity contribution in [2.75, 3.05) is 26.0 Å². The first-order chi connectivity index (χ1) is 9.27. The van der Waals surface area contributed by atoms with Gasteiger partial charge in [0.2, 0.25) is 10.0 Å². The van der Waals surface area contributed by atoms with Crippen LogP contribution in [0, 0.1) is 0 Å². The molecule has 1 aliphatic rings. The Balaban J connectivity index is 1.85. The van der Waals surface area contributed by atoms with Crippen molar-refractivity contribution in [1.29, 1.82) is 0 Å². The van der Waals surface area contributed by atoms with E-state index >= 15 is 0 Å². The highest BCUT2D eigenvalue weighted by Gasteiger charge is 2.25. The second-order valence-corrected chi connectivity index (χ2v) is 7.68. The first-order valence-corrected chi connectivity index (χ1v) is 8.57. The average molecular weight is 298 g/mol. The fourth-order valence-electron chi connectivity index (χ4n) is 2.50. The standard InChI is InChI=1S/C14H22N2O3S/c1-14(2,16-20(3,17)18)10-15-8-11-9-19-13-7-5-4-6-12(11)13/h4-7,11,15-16H,8-10H2,1-3H3. The monoisotopic (exact) mass is 298 g/mol. The number of ether oxygens (including phenoxy) is 1. The Morgan fingerprint density at radius 1 is 1.35 bits per heavy atom. The van der Waals surface area contributed by atoms with Crippen molar-refractivity contribution in [3.05, 3.63) is 29.8 Å². The molecule has 0 fully saturated rings. The van der Waals surface area contributed by atoms with Gasteiger partial charge in [0.05, 0.1) is 12.9 Å². The van der Waals surface area contributed by atoms with Crippen molar-refractivity contribution in [2.24, 2.45) is 0 Å². The number of hydrogen-bond acceptors (Lipinski definition) is 4. The summed E-state index contributed by atoms with van der Waals surface area (Å²) in [5.74, 6) is 1.27. The Hall–Kier alpha value is -1.11. The van der Waals surface area contributed by atoms with Crippen molar-refractivity contribution in [1.82, 2.24) is 10.0 Å². The van der Waals surface area contributed by atoms with Gasteiger partial charge < -0.3 is 10.1 Å². The zero-order valence-corrected chi connectivity index (χ0v) is 13.0. The van der Waals surface area contributed by atoms with E-state index in [4.69, 9.17) is 4.74 Å². The molecule has 0 spiro atoms. The largest absolute Gasteiger partial charge is 0.493 e. The number of nitrogens with one attached hydrogen (secondary N) is 2. The van der Waals surface area contributed by atoms with Crippen molar-refractivity contribution in [3.63, 3.8) is 0 Å². The van der Waals surface area contributed by atoms with Gasteiger partial charge in [-0.1, -0.05) is 18.2 Å². The zero-order chi connectivity index (χ0) is 14.8. The molecule has 1 aliphatic heterocycles. The molecule has 0 amide bonds. The van der Waals surface area contributed by atoms with E-state index in [1.54, 1.807) is 0 Å². The molecule has 0 bridgehead atoms. The maximum Gasteiger partial charge on any atom is 0.209 e. The number of hydrogen-bond donors (Lipinski definition) is 2. The lowest BCUT2D eigenvalue weighted by molar-refractivity contribution is 0.321. The predicted octanol–water partition coefficient (Wildman–Crippen LogP) is 1.08. The van der Waals surface area contributed by atoms with Gasteiger partial charge in [0.1, 0.15) is 5.75 Å². The number of benzene rings is 1. The van der Waals surface area contributed by atoms with Crippen LogP contribution in [-0.2, 0) is 10.0 Å². The average Bonchev–Trinajstić information content (AvgIpc) is 2.69. The van der Waals surface area contributed by atoms with E-state index in [1.165, 1.54) is 11.8 Å². The van der Waals surface area contributed by atoms with Crippen molar-refractivity contribution in [3.8, 4) is 5.75 Å². The summed E-state index contributed by atoms with van der Waals surface area (Å²) in [6.45, 7) is 5.73. The first kappa shape index (κ1) is 15.3. The number of rotatable bonds is 6. The van der Waals surface area contributed by atoms with Crippen LogP contribution in [0.25, 0.3) is 0 Å². The summed E-state index contributed by atoms with van der Waals surface area (Å²) < 4.78 is 30.8. The van der Waals surface area contributed by atoms with Gasteiger partial charge in [0.25, 0.3) is 0 Å². The van der Waals surface area contributed by atoms with Crippen LogP contribution in [0.5, 0.6) is 5.75 Å². The summed E-state index contributed by atoms with van der Waals surface area (Å²) in [7, 11) is -3.19. The molecule has 0 saturated heterocycles. The molecule has 6 heteroatoms. The van der Waals surface area contributed by atoms with Crippen LogP contribution in [0.1, 0.15) is 25.3 Å². The Bertz CT molecular complexity index is 570. The summed E-state index contributed by atoms with van der Waals surface area (Å²) in [6.07, 6.45) is 1.18. The Morgan fingerprint density at radius 2 is 2.05 bits per heavy atom. The maximum absolute atomic E-state index is 11.3. The quantitative estimate of drug-likeness (QED) is 0.825. The van der Waals surface area contributed by atoms with Crippen LogP contribution in [0.4, 0.5) is 0 Å². The van der Waals surface area contributed by atoms with E-state index in [0.717, 1.165) is 12.3 Å². The zero-order valence-electron chi connectivity index (χ0n) is 12.1. The highest BCUT2D eigenvalue weighted by atomic mass is 32.2. The summed E-state index contributed by atoms with van der Waals surface area (Å²) in [6, 6.07) is 8.03. The van der Waals surface area contributed by atoms with E-state index in [0.29, 0.717) is 19.1 Å². The number of para-hydroxylation sites is 1. The SMILES string of the molecule is CC(C)(CNCC1COc2ccccc21)NS(C)(=O)=O.